The molecule has 6 aliphatic rings. The first-order valence-electron chi connectivity index (χ1n) is 27.0. The van der Waals surface area contributed by atoms with Crippen LogP contribution in [0.5, 0.6) is 0 Å². The molecule has 4 nitrogen and oxygen atoms in total. The molecule has 75 heavy (non-hydrogen) atoms. The van der Waals surface area contributed by atoms with Crippen LogP contribution >= 0.6 is 0 Å². The molecule has 4 heteroatoms. The van der Waals surface area contributed by atoms with E-state index in [0.29, 0.717) is 0 Å². The number of hydrogen-bond acceptors (Lipinski definition) is 4. The van der Waals surface area contributed by atoms with Crippen molar-refractivity contribution in [1.29, 1.82) is 0 Å². The molecule has 9 aromatic rings. The van der Waals surface area contributed by atoms with Gasteiger partial charge < -0.3 is 19.6 Å². The number of anilines is 9. The zero-order chi connectivity index (χ0) is 50.1. The van der Waals surface area contributed by atoms with Crippen molar-refractivity contribution >= 4 is 73.1 Å². The molecule has 362 valence electrons. The normalized spacial score (nSPS) is 19.5. The molecule has 3 atom stereocenters. The van der Waals surface area contributed by atoms with E-state index in [0.717, 1.165) is 24.9 Å². The molecule has 4 aliphatic carbocycles. The Balaban J connectivity index is 0.999. The fourth-order valence-electron chi connectivity index (χ4n) is 14.4. The molecule has 2 heterocycles. The Morgan fingerprint density at radius 1 is 0.493 bits per heavy atom. The number of para-hydroxylation sites is 8. The second-order valence-electron chi connectivity index (χ2n) is 22.0. The molecule has 0 aromatic heterocycles. The van der Waals surface area contributed by atoms with E-state index in [-0.39, 0.29) is 23.3 Å². The number of allylic oxidation sites excluding steroid dienone is 6. The summed E-state index contributed by atoms with van der Waals surface area (Å²) in [6, 6.07) is 76.0. The summed E-state index contributed by atoms with van der Waals surface area (Å²) in [5, 5.41) is 2.59. The predicted molar refractivity (Wildman–Crippen MR) is 315 cm³/mol. The molecule has 0 saturated carbocycles. The standard InChI is InChI=1S/C71H58N4/c1-71(2)59-27-10-9-24-51(59)52-39-36-46(42-60(52)71)50-23-7-8-25-53(50)69-55-40-37-48(75-67-34-17-13-30-63(67)73(4)64-31-14-18-35-68(64)75)44-58(55)70(54-26-19-21-45-20-5-6-22-49(45)54)56-41-38-47(43-57(56)69)74-65-32-15-11-28-61(65)72(3)62-29-12-16-33-66(62)74/h5-8,10-23,25-43,48,58,70H,9,24,44H2,1-4H3. The fourth-order valence-corrected chi connectivity index (χ4v) is 14.4. The van der Waals surface area contributed by atoms with Crippen molar-refractivity contribution in [2.24, 2.45) is 5.92 Å². The third kappa shape index (κ3) is 6.48. The number of nitrogens with zero attached hydrogens (tertiary/aromatic N) is 4. The van der Waals surface area contributed by atoms with Gasteiger partial charge in [0.05, 0.1) is 51.5 Å². The molecule has 0 fully saturated rings. The molecule has 3 unspecified atom stereocenters. The summed E-state index contributed by atoms with van der Waals surface area (Å²) in [4.78, 5) is 9.84. The minimum Gasteiger partial charge on any atom is -0.341 e. The van der Waals surface area contributed by atoms with Crippen LogP contribution in [0, 0.1) is 5.92 Å². The SMILES string of the molecule is CN1c2ccccc2N(c2ccc3c(c2)C(c2ccccc2-c2ccc4c(c2)C(C)(C)C2=C4CCC=C2)=C2C=CC(N4c5ccccc5N(C)c5ccccc54)CC2C3c2cccc3ccccc23)c2ccccc21. The van der Waals surface area contributed by atoms with Gasteiger partial charge in [-0.25, -0.2) is 0 Å². The zero-order valence-corrected chi connectivity index (χ0v) is 43.0. The molecular weight excluding hydrogens is 909 g/mol. The van der Waals surface area contributed by atoms with Crippen LogP contribution in [0.4, 0.5) is 51.2 Å². The number of hydrogen-bond donors (Lipinski definition) is 0. The fraction of sp³-hybridized carbons (Fsp3) is 0.155. The van der Waals surface area contributed by atoms with Crippen molar-refractivity contribution in [2.75, 3.05) is 33.7 Å². The van der Waals surface area contributed by atoms with Crippen molar-refractivity contribution in [3.63, 3.8) is 0 Å². The van der Waals surface area contributed by atoms with Crippen molar-refractivity contribution in [3.8, 4) is 11.1 Å². The third-order valence-corrected chi connectivity index (χ3v) is 17.8. The smallest absolute Gasteiger partial charge is 0.0699 e. The van der Waals surface area contributed by atoms with Gasteiger partial charge in [0, 0.05) is 31.1 Å². The summed E-state index contributed by atoms with van der Waals surface area (Å²) in [6.45, 7) is 4.85. The van der Waals surface area contributed by atoms with Crippen molar-refractivity contribution in [1.82, 2.24) is 0 Å². The van der Waals surface area contributed by atoms with Gasteiger partial charge in [-0.05, 0) is 169 Å². The summed E-state index contributed by atoms with van der Waals surface area (Å²) in [6.07, 6.45) is 13.0. The topological polar surface area (TPSA) is 13.0 Å². The molecule has 0 radical (unpaired) electrons. The van der Waals surface area contributed by atoms with E-state index in [1.54, 1.807) is 0 Å². The predicted octanol–water partition coefficient (Wildman–Crippen LogP) is 18.3. The Morgan fingerprint density at radius 3 is 1.80 bits per heavy atom. The lowest BCUT2D eigenvalue weighted by atomic mass is 9.63. The van der Waals surface area contributed by atoms with Crippen LogP contribution in [0.2, 0.25) is 0 Å². The molecular formula is C71H58N4. The highest BCUT2D eigenvalue weighted by atomic mass is 15.3. The second kappa shape index (κ2) is 16.7. The second-order valence-corrected chi connectivity index (χ2v) is 22.0. The van der Waals surface area contributed by atoms with Crippen LogP contribution in [0.25, 0.3) is 33.0 Å². The lowest BCUT2D eigenvalue weighted by Gasteiger charge is -2.47. The molecule has 0 N–H and O–H groups in total. The minimum atomic E-state index is -0.0751. The van der Waals surface area contributed by atoms with Crippen LogP contribution in [0.3, 0.4) is 0 Å². The molecule has 0 saturated heterocycles. The van der Waals surface area contributed by atoms with Gasteiger partial charge >= 0.3 is 0 Å². The summed E-state index contributed by atoms with van der Waals surface area (Å²) < 4.78 is 0. The average molecular weight is 967 g/mol. The number of benzene rings is 9. The van der Waals surface area contributed by atoms with E-state index in [2.05, 4.69) is 272 Å². The average Bonchev–Trinajstić information content (AvgIpc) is 3.73. The Bertz CT molecular complexity index is 3900. The van der Waals surface area contributed by atoms with E-state index in [1.165, 1.54) is 123 Å². The molecule has 0 amide bonds. The van der Waals surface area contributed by atoms with Crippen LogP contribution in [0.15, 0.2) is 236 Å². The van der Waals surface area contributed by atoms with Gasteiger partial charge in [-0.1, -0.05) is 172 Å². The van der Waals surface area contributed by atoms with E-state index in [4.69, 9.17) is 0 Å². The van der Waals surface area contributed by atoms with Crippen molar-refractivity contribution in [2.45, 2.75) is 50.5 Å². The molecule has 2 aliphatic heterocycles. The highest BCUT2D eigenvalue weighted by Gasteiger charge is 2.44. The summed E-state index contributed by atoms with van der Waals surface area (Å²) in [7, 11) is 4.41. The van der Waals surface area contributed by atoms with Gasteiger partial charge in [-0.15, -0.1) is 0 Å². The first-order chi connectivity index (χ1) is 36.8. The largest absolute Gasteiger partial charge is 0.341 e. The third-order valence-electron chi connectivity index (χ3n) is 17.8. The van der Waals surface area contributed by atoms with Gasteiger partial charge in [-0.2, -0.15) is 0 Å². The van der Waals surface area contributed by atoms with Gasteiger partial charge in [0.1, 0.15) is 0 Å². The Kier molecular flexibility index (Phi) is 9.79. The zero-order valence-electron chi connectivity index (χ0n) is 43.0. The van der Waals surface area contributed by atoms with Crippen LogP contribution < -0.4 is 19.6 Å². The number of fused-ring (bicyclic) bond motifs is 9. The molecule has 0 spiro atoms. The quantitative estimate of drug-likeness (QED) is 0.170. The summed E-state index contributed by atoms with van der Waals surface area (Å²) >= 11 is 0. The Labute approximate surface area is 441 Å². The van der Waals surface area contributed by atoms with Gasteiger partial charge in [0.25, 0.3) is 0 Å². The maximum absolute atomic E-state index is 2.64. The maximum atomic E-state index is 2.64. The lowest BCUT2D eigenvalue weighted by Crippen LogP contribution is -2.39. The number of rotatable bonds is 5. The van der Waals surface area contributed by atoms with Crippen LogP contribution in [-0.2, 0) is 5.41 Å². The van der Waals surface area contributed by atoms with Gasteiger partial charge in [-0.3, -0.25) is 0 Å². The summed E-state index contributed by atoms with van der Waals surface area (Å²) in [5.41, 5.74) is 27.2. The Morgan fingerprint density at radius 2 is 1.09 bits per heavy atom. The molecule has 15 rings (SSSR count). The van der Waals surface area contributed by atoms with Gasteiger partial charge in [0.15, 0.2) is 0 Å². The monoisotopic (exact) mass is 966 g/mol. The molecule has 9 aromatic carbocycles. The highest BCUT2D eigenvalue weighted by Crippen LogP contribution is 2.59. The van der Waals surface area contributed by atoms with Crippen LogP contribution in [-0.4, -0.2) is 20.1 Å². The van der Waals surface area contributed by atoms with Gasteiger partial charge in [0.2, 0.25) is 0 Å². The highest BCUT2D eigenvalue weighted by molar-refractivity contribution is 6.01. The maximum Gasteiger partial charge on any atom is 0.0699 e. The first-order valence-corrected chi connectivity index (χ1v) is 27.0. The first kappa shape index (κ1) is 43.9. The van der Waals surface area contributed by atoms with E-state index in [9.17, 15) is 0 Å². The lowest BCUT2D eigenvalue weighted by molar-refractivity contribution is 0.464. The van der Waals surface area contributed by atoms with E-state index >= 15 is 0 Å². The minimum absolute atomic E-state index is 0.0646. The van der Waals surface area contributed by atoms with Crippen molar-refractivity contribution < 1.29 is 0 Å². The van der Waals surface area contributed by atoms with E-state index < -0.39 is 0 Å². The van der Waals surface area contributed by atoms with Crippen molar-refractivity contribution in [3.05, 3.63) is 269 Å². The Hall–Kier alpha value is -8.60. The molecule has 0 bridgehead atoms. The van der Waals surface area contributed by atoms with Crippen LogP contribution in [0.1, 0.15) is 72.4 Å². The summed E-state index contributed by atoms with van der Waals surface area (Å²) in [5.74, 6) is 0.202. The van der Waals surface area contributed by atoms with E-state index in [1.807, 2.05) is 0 Å².